The van der Waals surface area contributed by atoms with Crippen LogP contribution in [-0.4, -0.2) is 61.1 Å². The summed E-state index contributed by atoms with van der Waals surface area (Å²) in [5.41, 5.74) is 0. The highest BCUT2D eigenvalue weighted by Gasteiger charge is 2.37. The van der Waals surface area contributed by atoms with Crippen molar-refractivity contribution in [1.29, 1.82) is 0 Å². The van der Waals surface area contributed by atoms with E-state index in [1.54, 1.807) is 0 Å². The Labute approximate surface area is 154 Å². The van der Waals surface area contributed by atoms with Gasteiger partial charge in [0.25, 0.3) is 0 Å². The Balaban J connectivity index is 0.00000242. The first kappa shape index (κ1) is 20.0. The molecule has 0 bridgehead atoms. The van der Waals surface area contributed by atoms with Crippen molar-refractivity contribution in [2.75, 3.05) is 33.2 Å². The van der Waals surface area contributed by atoms with Crippen LogP contribution in [0.1, 0.15) is 52.9 Å². The molecule has 1 N–H and O–H groups in total. The Morgan fingerprint density at radius 3 is 2.73 bits per heavy atom. The van der Waals surface area contributed by atoms with E-state index in [-0.39, 0.29) is 24.0 Å². The van der Waals surface area contributed by atoms with E-state index >= 15 is 0 Å². The summed E-state index contributed by atoms with van der Waals surface area (Å²) in [4.78, 5) is 9.66. The van der Waals surface area contributed by atoms with Crippen LogP contribution < -0.4 is 5.32 Å². The minimum atomic E-state index is 0. The van der Waals surface area contributed by atoms with Crippen molar-refractivity contribution in [2.24, 2.45) is 10.9 Å². The fourth-order valence-electron chi connectivity index (χ4n) is 3.63. The van der Waals surface area contributed by atoms with E-state index in [0.29, 0.717) is 12.1 Å². The predicted molar refractivity (Wildman–Crippen MR) is 106 cm³/mol. The van der Waals surface area contributed by atoms with Crippen molar-refractivity contribution in [2.45, 2.75) is 65.0 Å². The third-order valence-electron chi connectivity index (χ3n) is 4.96. The van der Waals surface area contributed by atoms with E-state index in [4.69, 9.17) is 4.99 Å². The number of halogens is 1. The van der Waals surface area contributed by atoms with Gasteiger partial charge in [-0.15, -0.1) is 24.0 Å². The van der Waals surface area contributed by atoms with Crippen LogP contribution in [-0.2, 0) is 0 Å². The molecule has 3 unspecified atom stereocenters. The number of likely N-dealkylation sites (tertiary alicyclic amines) is 1. The van der Waals surface area contributed by atoms with Gasteiger partial charge < -0.3 is 10.2 Å². The molecule has 0 aromatic carbocycles. The van der Waals surface area contributed by atoms with Gasteiger partial charge in [0.1, 0.15) is 0 Å². The average molecular weight is 422 g/mol. The molecule has 5 heteroatoms. The number of rotatable bonds is 7. The van der Waals surface area contributed by atoms with Gasteiger partial charge in [0, 0.05) is 32.2 Å². The molecule has 4 nitrogen and oxygen atoms in total. The standard InChI is InChI=1S/C17H34N4.HI/c1-5-9-14-12-16(14)19-17(18-6-2)20(4)13-15-10-8-11-21(15)7-3;/h14-16H,5-13H2,1-4H3,(H,18,19);1H. The molecule has 1 saturated carbocycles. The Hall–Kier alpha value is -0.0400. The fraction of sp³-hybridized carbons (Fsp3) is 0.941. The van der Waals surface area contributed by atoms with Gasteiger partial charge in [0.05, 0.1) is 0 Å². The zero-order chi connectivity index (χ0) is 15.2. The number of likely N-dealkylation sites (N-methyl/N-ethyl adjacent to an activating group) is 2. The Morgan fingerprint density at radius 1 is 1.32 bits per heavy atom. The first-order chi connectivity index (χ1) is 10.2. The summed E-state index contributed by atoms with van der Waals surface area (Å²) in [6.07, 6.45) is 6.66. The van der Waals surface area contributed by atoms with Crippen LogP contribution in [0.3, 0.4) is 0 Å². The highest BCUT2D eigenvalue weighted by Crippen LogP contribution is 2.34. The van der Waals surface area contributed by atoms with Crippen molar-refractivity contribution >= 4 is 29.9 Å². The average Bonchev–Trinajstić information content (AvgIpc) is 3.04. The normalized spacial score (nSPS) is 28.4. The molecule has 3 atom stereocenters. The molecular weight excluding hydrogens is 387 g/mol. The maximum Gasteiger partial charge on any atom is 0.193 e. The second kappa shape index (κ2) is 9.96. The quantitative estimate of drug-likeness (QED) is 0.389. The van der Waals surface area contributed by atoms with Gasteiger partial charge in [-0.3, -0.25) is 9.89 Å². The molecule has 0 aromatic heterocycles. The molecule has 0 amide bonds. The minimum Gasteiger partial charge on any atom is -0.353 e. The number of guanidine groups is 1. The summed E-state index contributed by atoms with van der Waals surface area (Å²) in [7, 11) is 2.20. The number of aliphatic imine (C=N–C) groups is 1. The molecule has 0 aromatic rings. The Morgan fingerprint density at radius 2 is 2.09 bits per heavy atom. The summed E-state index contributed by atoms with van der Waals surface area (Å²) in [5, 5.41) is 3.69. The molecule has 0 spiro atoms. The Kier molecular flexibility index (Phi) is 9.05. The fourth-order valence-corrected chi connectivity index (χ4v) is 3.63. The molecule has 1 saturated heterocycles. The van der Waals surface area contributed by atoms with Crippen LogP contribution in [0.5, 0.6) is 0 Å². The first-order valence-corrected chi connectivity index (χ1v) is 8.95. The lowest BCUT2D eigenvalue weighted by molar-refractivity contribution is 0.232. The molecule has 1 heterocycles. The summed E-state index contributed by atoms with van der Waals surface area (Å²) < 4.78 is 0. The molecule has 1 aliphatic carbocycles. The zero-order valence-corrected chi connectivity index (χ0v) is 17.2. The van der Waals surface area contributed by atoms with Gasteiger partial charge in [0.2, 0.25) is 0 Å². The zero-order valence-electron chi connectivity index (χ0n) is 14.8. The highest BCUT2D eigenvalue weighted by molar-refractivity contribution is 14.0. The maximum absolute atomic E-state index is 4.70. The smallest absolute Gasteiger partial charge is 0.193 e. The molecular formula is C17H35IN4. The largest absolute Gasteiger partial charge is 0.353 e. The van der Waals surface area contributed by atoms with Gasteiger partial charge in [0.15, 0.2) is 5.96 Å². The van der Waals surface area contributed by atoms with E-state index in [9.17, 15) is 0 Å². The van der Waals surface area contributed by atoms with Crippen molar-refractivity contribution in [3.8, 4) is 0 Å². The second-order valence-electron chi connectivity index (χ2n) is 6.64. The number of hydrogen-bond donors (Lipinski definition) is 1. The van der Waals surface area contributed by atoms with Gasteiger partial charge in [-0.05, 0) is 51.6 Å². The van der Waals surface area contributed by atoms with Crippen LogP contribution in [0.25, 0.3) is 0 Å². The lowest BCUT2D eigenvalue weighted by Gasteiger charge is -2.30. The van der Waals surface area contributed by atoms with Crippen molar-refractivity contribution < 1.29 is 0 Å². The van der Waals surface area contributed by atoms with Gasteiger partial charge >= 0.3 is 0 Å². The molecule has 22 heavy (non-hydrogen) atoms. The van der Waals surface area contributed by atoms with Gasteiger partial charge in [-0.2, -0.15) is 0 Å². The van der Waals surface area contributed by atoms with Crippen LogP contribution in [0.2, 0.25) is 0 Å². The maximum atomic E-state index is 4.70. The second-order valence-corrected chi connectivity index (χ2v) is 6.64. The minimum absolute atomic E-state index is 0. The van der Waals surface area contributed by atoms with Gasteiger partial charge in [-0.1, -0.05) is 20.3 Å². The van der Waals surface area contributed by atoms with Crippen molar-refractivity contribution in [3.05, 3.63) is 0 Å². The topological polar surface area (TPSA) is 30.9 Å². The molecule has 2 aliphatic rings. The molecule has 2 fully saturated rings. The number of nitrogens with zero attached hydrogens (tertiary/aromatic N) is 3. The van der Waals surface area contributed by atoms with Gasteiger partial charge in [-0.25, -0.2) is 0 Å². The monoisotopic (exact) mass is 422 g/mol. The van der Waals surface area contributed by atoms with Crippen LogP contribution in [0.15, 0.2) is 4.99 Å². The number of hydrogen-bond acceptors (Lipinski definition) is 2. The van der Waals surface area contributed by atoms with E-state index in [1.165, 1.54) is 45.2 Å². The SMILES string of the molecule is CCCC1CC1NC(=NCC)N(C)CC1CCCN1CC.I. The van der Waals surface area contributed by atoms with Crippen LogP contribution >= 0.6 is 24.0 Å². The lowest BCUT2D eigenvalue weighted by Crippen LogP contribution is -2.46. The van der Waals surface area contributed by atoms with E-state index in [0.717, 1.165) is 25.0 Å². The third kappa shape index (κ3) is 5.55. The summed E-state index contributed by atoms with van der Waals surface area (Å²) in [6, 6.07) is 1.37. The number of nitrogens with one attached hydrogen (secondary N) is 1. The van der Waals surface area contributed by atoms with E-state index in [2.05, 4.69) is 42.9 Å². The predicted octanol–water partition coefficient (Wildman–Crippen LogP) is 3.17. The first-order valence-electron chi connectivity index (χ1n) is 8.95. The summed E-state index contributed by atoms with van der Waals surface area (Å²) >= 11 is 0. The Bertz CT molecular complexity index is 348. The van der Waals surface area contributed by atoms with E-state index < -0.39 is 0 Å². The summed E-state index contributed by atoms with van der Waals surface area (Å²) in [5.74, 6) is 1.99. The molecule has 2 rings (SSSR count). The third-order valence-corrected chi connectivity index (χ3v) is 4.96. The van der Waals surface area contributed by atoms with E-state index in [1.807, 2.05) is 0 Å². The molecule has 1 aliphatic heterocycles. The van der Waals surface area contributed by atoms with Crippen LogP contribution in [0.4, 0.5) is 0 Å². The van der Waals surface area contributed by atoms with Crippen molar-refractivity contribution in [1.82, 2.24) is 15.1 Å². The summed E-state index contributed by atoms with van der Waals surface area (Å²) in [6.45, 7) is 11.1. The molecule has 0 radical (unpaired) electrons. The highest BCUT2D eigenvalue weighted by atomic mass is 127. The van der Waals surface area contributed by atoms with Crippen LogP contribution in [0, 0.1) is 5.92 Å². The van der Waals surface area contributed by atoms with Crippen molar-refractivity contribution in [3.63, 3.8) is 0 Å². The molecule has 130 valence electrons. The lowest BCUT2D eigenvalue weighted by atomic mass is 10.2.